The maximum absolute atomic E-state index is 12.4. The van der Waals surface area contributed by atoms with E-state index in [2.05, 4.69) is 57.5 Å². The van der Waals surface area contributed by atoms with Gasteiger partial charge in [-0.3, -0.25) is 4.79 Å². The summed E-state index contributed by atoms with van der Waals surface area (Å²) in [5.41, 5.74) is 2.95. The first kappa shape index (κ1) is 15.5. The fourth-order valence-corrected chi connectivity index (χ4v) is 2.73. The number of nitrogens with zero attached hydrogens (tertiary/aromatic N) is 2. The number of carbonyl (C=O) groups is 1. The van der Waals surface area contributed by atoms with E-state index in [0.717, 1.165) is 10.0 Å². The Morgan fingerprint density at radius 3 is 2.61 bits per heavy atom. The summed E-state index contributed by atoms with van der Waals surface area (Å²) < 4.78 is 2.54. The average molecular weight is 370 g/mol. The van der Waals surface area contributed by atoms with Crippen LogP contribution in [0.4, 0.5) is 5.82 Å². The minimum Gasteiger partial charge on any atom is -0.307 e. The first-order valence-corrected chi connectivity index (χ1v) is 8.06. The van der Waals surface area contributed by atoms with Crippen molar-refractivity contribution in [2.45, 2.75) is 13.5 Å². The fourth-order valence-electron chi connectivity index (χ4n) is 2.26. The monoisotopic (exact) mass is 369 g/mol. The van der Waals surface area contributed by atoms with Gasteiger partial charge in [0.2, 0.25) is 0 Å². The maximum Gasteiger partial charge on any atom is 0.257 e. The number of rotatable bonds is 4. The van der Waals surface area contributed by atoms with Crippen LogP contribution >= 0.6 is 15.9 Å². The van der Waals surface area contributed by atoms with Crippen LogP contribution in [0.3, 0.4) is 0 Å². The van der Waals surface area contributed by atoms with Crippen LogP contribution in [-0.2, 0) is 6.54 Å². The van der Waals surface area contributed by atoms with Crippen molar-refractivity contribution in [3.05, 3.63) is 82.0 Å². The topological polar surface area (TPSA) is 46.9 Å². The van der Waals surface area contributed by atoms with Crippen LogP contribution < -0.4 is 5.32 Å². The summed E-state index contributed by atoms with van der Waals surface area (Å²) in [4.78, 5) is 12.4. The van der Waals surface area contributed by atoms with E-state index in [-0.39, 0.29) is 5.91 Å². The number of amides is 1. The SMILES string of the molecule is Cc1ccc(Cn2nccc2NC(=O)c2ccccc2Br)cc1. The molecule has 0 spiro atoms. The zero-order chi connectivity index (χ0) is 16.2. The van der Waals surface area contributed by atoms with Gasteiger partial charge in [-0.1, -0.05) is 42.0 Å². The molecule has 4 nitrogen and oxygen atoms in total. The highest BCUT2D eigenvalue weighted by Crippen LogP contribution is 2.18. The predicted molar refractivity (Wildman–Crippen MR) is 94.6 cm³/mol. The normalized spacial score (nSPS) is 10.5. The van der Waals surface area contributed by atoms with E-state index in [4.69, 9.17) is 0 Å². The highest BCUT2D eigenvalue weighted by atomic mass is 79.9. The van der Waals surface area contributed by atoms with Crippen molar-refractivity contribution in [3.8, 4) is 0 Å². The number of anilines is 1. The van der Waals surface area contributed by atoms with Gasteiger partial charge >= 0.3 is 0 Å². The summed E-state index contributed by atoms with van der Waals surface area (Å²) in [7, 11) is 0. The molecule has 0 fully saturated rings. The average Bonchev–Trinajstić information content (AvgIpc) is 2.97. The molecule has 0 aliphatic heterocycles. The number of aromatic nitrogens is 2. The number of carbonyl (C=O) groups excluding carboxylic acids is 1. The first-order valence-electron chi connectivity index (χ1n) is 7.27. The Labute approximate surface area is 143 Å². The number of nitrogens with one attached hydrogen (secondary N) is 1. The number of hydrogen-bond donors (Lipinski definition) is 1. The molecule has 0 aliphatic rings. The van der Waals surface area contributed by atoms with Crippen LogP contribution in [0.15, 0.2) is 65.3 Å². The molecule has 23 heavy (non-hydrogen) atoms. The lowest BCUT2D eigenvalue weighted by Gasteiger charge is -2.10. The smallest absolute Gasteiger partial charge is 0.257 e. The molecular weight excluding hydrogens is 354 g/mol. The van der Waals surface area contributed by atoms with E-state index < -0.39 is 0 Å². The maximum atomic E-state index is 12.4. The van der Waals surface area contributed by atoms with Gasteiger partial charge in [0.1, 0.15) is 5.82 Å². The third kappa shape index (κ3) is 3.68. The van der Waals surface area contributed by atoms with Gasteiger partial charge in [-0.2, -0.15) is 5.10 Å². The van der Waals surface area contributed by atoms with E-state index in [1.165, 1.54) is 5.56 Å². The van der Waals surface area contributed by atoms with E-state index in [0.29, 0.717) is 17.9 Å². The molecule has 1 aromatic heterocycles. The molecule has 5 heteroatoms. The summed E-state index contributed by atoms with van der Waals surface area (Å²) in [6.07, 6.45) is 1.68. The third-order valence-corrected chi connectivity index (χ3v) is 4.22. The van der Waals surface area contributed by atoms with Crippen molar-refractivity contribution >= 4 is 27.7 Å². The van der Waals surface area contributed by atoms with Crippen LogP contribution in [0.1, 0.15) is 21.5 Å². The van der Waals surface area contributed by atoms with Gasteiger partial charge in [0.25, 0.3) is 5.91 Å². The number of hydrogen-bond acceptors (Lipinski definition) is 2. The molecule has 1 amide bonds. The predicted octanol–water partition coefficient (Wildman–Crippen LogP) is 4.25. The van der Waals surface area contributed by atoms with Crippen molar-refractivity contribution in [2.75, 3.05) is 5.32 Å². The van der Waals surface area contributed by atoms with Crippen molar-refractivity contribution in [2.24, 2.45) is 0 Å². The number of halogens is 1. The van der Waals surface area contributed by atoms with Crippen molar-refractivity contribution < 1.29 is 4.79 Å². The third-order valence-electron chi connectivity index (χ3n) is 3.53. The Bertz CT molecular complexity index is 824. The molecule has 0 aliphatic carbocycles. The van der Waals surface area contributed by atoms with Crippen molar-refractivity contribution in [1.29, 1.82) is 0 Å². The van der Waals surface area contributed by atoms with Crippen LogP contribution in [-0.4, -0.2) is 15.7 Å². The van der Waals surface area contributed by atoms with Gasteiger partial charge in [0.05, 0.1) is 18.3 Å². The molecule has 1 heterocycles. The minimum absolute atomic E-state index is 0.164. The minimum atomic E-state index is -0.164. The van der Waals surface area contributed by atoms with Gasteiger partial charge < -0.3 is 5.32 Å². The molecular formula is C18H16BrN3O. The Morgan fingerprint density at radius 2 is 1.87 bits per heavy atom. The summed E-state index contributed by atoms with van der Waals surface area (Å²) in [6, 6.07) is 17.4. The van der Waals surface area contributed by atoms with Crippen LogP contribution in [0.25, 0.3) is 0 Å². The molecule has 1 N–H and O–H groups in total. The molecule has 0 saturated carbocycles. The van der Waals surface area contributed by atoms with Crippen molar-refractivity contribution in [3.63, 3.8) is 0 Å². The summed E-state index contributed by atoms with van der Waals surface area (Å²) in [6.45, 7) is 2.67. The van der Waals surface area contributed by atoms with Gasteiger partial charge in [0.15, 0.2) is 0 Å². The zero-order valence-electron chi connectivity index (χ0n) is 12.7. The molecule has 0 unspecified atom stereocenters. The van der Waals surface area contributed by atoms with Crippen LogP contribution in [0.2, 0.25) is 0 Å². The lowest BCUT2D eigenvalue weighted by Crippen LogP contribution is -2.16. The van der Waals surface area contributed by atoms with Crippen LogP contribution in [0.5, 0.6) is 0 Å². The fraction of sp³-hybridized carbons (Fsp3) is 0.111. The van der Waals surface area contributed by atoms with Crippen LogP contribution in [0, 0.1) is 6.92 Å². The highest BCUT2D eigenvalue weighted by Gasteiger charge is 2.12. The summed E-state index contributed by atoms with van der Waals surface area (Å²) >= 11 is 3.40. The molecule has 3 rings (SSSR count). The second-order valence-electron chi connectivity index (χ2n) is 5.29. The quantitative estimate of drug-likeness (QED) is 0.746. The van der Waals surface area contributed by atoms with E-state index in [9.17, 15) is 4.79 Å². The lowest BCUT2D eigenvalue weighted by molar-refractivity contribution is 0.102. The molecule has 3 aromatic rings. The molecule has 116 valence electrons. The Morgan fingerprint density at radius 1 is 1.13 bits per heavy atom. The molecule has 0 radical (unpaired) electrons. The zero-order valence-corrected chi connectivity index (χ0v) is 14.2. The van der Waals surface area contributed by atoms with Gasteiger partial charge in [-0.25, -0.2) is 4.68 Å². The van der Waals surface area contributed by atoms with E-state index >= 15 is 0 Å². The number of benzene rings is 2. The molecule has 0 bridgehead atoms. The lowest BCUT2D eigenvalue weighted by atomic mass is 10.1. The highest BCUT2D eigenvalue weighted by molar-refractivity contribution is 9.10. The molecule has 0 atom stereocenters. The molecule has 2 aromatic carbocycles. The Balaban J connectivity index is 1.77. The summed E-state index contributed by atoms with van der Waals surface area (Å²) in [5, 5.41) is 7.20. The second kappa shape index (κ2) is 6.79. The largest absolute Gasteiger partial charge is 0.307 e. The number of aryl methyl sites for hydroxylation is 1. The second-order valence-corrected chi connectivity index (χ2v) is 6.15. The molecule has 0 saturated heterocycles. The van der Waals surface area contributed by atoms with Gasteiger partial charge in [-0.15, -0.1) is 0 Å². The first-order chi connectivity index (χ1) is 11.1. The Hall–Kier alpha value is -2.40. The van der Waals surface area contributed by atoms with Gasteiger partial charge in [0, 0.05) is 10.5 Å². The summed E-state index contributed by atoms with van der Waals surface area (Å²) in [5.74, 6) is 0.509. The van der Waals surface area contributed by atoms with Gasteiger partial charge in [-0.05, 0) is 40.5 Å². The Kier molecular flexibility index (Phi) is 4.57. The van der Waals surface area contributed by atoms with E-state index in [1.54, 1.807) is 23.0 Å². The standard InChI is InChI=1S/C18H16BrN3O/c1-13-6-8-14(9-7-13)12-22-17(10-11-20-22)21-18(23)15-4-2-3-5-16(15)19/h2-11H,12H2,1H3,(H,21,23). The van der Waals surface area contributed by atoms with Crippen molar-refractivity contribution in [1.82, 2.24) is 9.78 Å². The van der Waals surface area contributed by atoms with E-state index in [1.807, 2.05) is 18.2 Å².